The van der Waals surface area contributed by atoms with Crippen LogP contribution in [0.2, 0.25) is 0 Å². The lowest BCUT2D eigenvalue weighted by molar-refractivity contribution is 0.0968. The quantitative estimate of drug-likeness (QED) is 0.842. The van der Waals surface area contributed by atoms with Crippen LogP contribution in [0.5, 0.6) is 0 Å². The van der Waals surface area contributed by atoms with Crippen LogP contribution in [0.1, 0.15) is 56.8 Å². The predicted molar refractivity (Wildman–Crippen MR) is 83.6 cm³/mol. The van der Waals surface area contributed by atoms with Gasteiger partial charge in [0.05, 0.1) is 11.4 Å². The maximum atomic E-state index is 6.17. The molecule has 1 aromatic heterocycles. The smallest absolute Gasteiger partial charge is 0.0597 e. The van der Waals surface area contributed by atoms with Crippen LogP contribution in [0.3, 0.4) is 0 Å². The summed E-state index contributed by atoms with van der Waals surface area (Å²) >= 11 is 0. The van der Waals surface area contributed by atoms with E-state index in [4.69, 9.17) is 5.73 Å². The fourth-order valence-electron chi connectivity index (χ4n) is 3.54. The van der Waals surface area contributed by atoms with Crippen LogP contribution in [0.15, 0.2) is 6.07 Å². The number of hydrogen-bond donors (Lipinski definition) is 1. The van der Waals surface area contributed by atoms with E-state index in [9.17, 15) is 0 Å². The van der Waals surface area contributed by atoms with E-state index in [0.717, 1.165) is 25.3 Å². The van der Waals surface area contributed by atoms with Crippen LogP contribution < -0.4 is 5.73 Å². The van der Waals surface area contributed by atoms with Gasteiger partial charge in [0.25, 0.3) is 0 Å². The zero-order chi connectivity index (χ0) is 14.6. The third-order valence-electron chi connectivity index (χ3n) is 4.91. The molecule has 0 aromatic carbocycles. The van der Waals surface area contributed by atoms with Crippen molar-refractivity contribution in [2.45, 2.75) is 71.0 Å². The highest BCUT2D eigenvalue weighted by Gasteiger charge is 2.33. The second-order valence-corrected chi connectivity index (χ2v) is 6.29. The molecule has 0 amide bonds. The monoisotopic (exact) mass is 278 g/mol. The van der Waals surface area contributed by atoms with Crippen LogP contribution in [0.25, 0.3) is 0 Å². The van der Waals surface area contributed by atoms with Gasteiger partial charge in [-0.15, -0.1) is 0 Å². The van der Waals surface area contributed by atoms with Crippen LogP contribution in [-0.4, -0.2) is 33.8 Å². The summed E-state index contributed by atoms with van der Waals surface area (Å²) in [6.07, 6.45) is 7.82. The van der Waals surface area contributed by atoms with Crippen molar-refractivity contribution in [1.29, 1.82) is 0 Å². The molecule has 114 valence electrons. The molecule has 1 saturated carbocycles. The summed E-state index contributed by atoms with van der Waals surface area (Å²) in [7, 11) is 2.24. The fraction of sp³-hybridized carbons (Fsp3) is 0.812. The Bertz CT molecular complexity index is 416. The third-order valence-corrected chi connectivity index (χ3v) is 4.91. The highest BCUT2D eigenvalue weighted by Crippen LogP contribution is 2.32. The lowest BCUT2D eigenvalue weighted by Gasteiger charge is -2.41. The van der Waals surface area contributed by atoms with E-state index < -0.39 is 0 Å². The molecule has 2 rings (SSSR count). The van der Waals surface area contributed by atoms with Gasteiger partial charge < -0.3 is 5.73 Å². The molecule has 1 aromatic rings. The molecule has 4 heteroatoms. The molecule has 0 aliphatic heterocycles. The average Bonchev–Trinajstić information content (AvgIpc) is 2.66. The summed E-state index contributed by atoms with van der Waals surface area (Å²) in [5, 5.41) is 4.55. The molecule has 0 spiro atoms. The van der Waals surface area contributed by atoms with Gasteiger partial charge in [0.1, 0.15) is 0 Å². The fourth-order valence-corrected chi connectivity index (χ4v) is 3.54. The molecule has 0 unspecified atom stereocenters. The normalized spacial score (nSPS) is 19.2. The number of hydrogen-bond acceptors (Lipinski definition) is 3. The highest BCUT2D eigenvalue weighted by molar-refractivity contribution is 5.10. The Labute approximate surface area is 123 Å². The number of nitrogens with two attached hydrogens (primary N) is 1. The molecule has 1 aliphatic rings. The minimum absolute atomic E-state index is 0.188. The number of rotatable bonds is 5. The summed E-state index contributed by atoms with van der Waals surface area (Å²) in [6, 6.07) is 2.21. The van der Waals surface area contributed by atoms with Crippen molar-refractivity contribution in [2.24, 2.45) is 5.73 Å². The van der Waals surface area contributed by atoms with E-state index in [0.29, 0.717) is 0 Å². The second kappa shape index (κ2) is 6.72. The second-order valence-electron chi connectivity index (χ2n) is 6.29. The van der Waals surface area contributed by atoms with Gasteiger partial charge in [0.15, 0.2) is 0 Å². The van der Waals surface area contributed by atoms with Crippen LogP contribution in [0, 0.1) is 6.92 Å². The molecule has 0 atom stereocenters. The van der Waals surface area contributed by atoms with Gasteiger partial charge >= 0.3 is 0 Å². The summed E-state index contributed by atoms with van der Waals surface area (Å²) in [6.45, 7) is 6.88. The molecular formula is C16H30N4. The van der Waals surface area contributed by atoms with E-state index >= 15 is 0 Å². The molecule has 20 heavy (non-hydrogen) atoms. The van der Waals surface area contributed by atoms with Gasteiger partial charge in [-0.1, -0.05) is 25.7 Å². The molecule has 2 N–H and O–H groups in total. The first kappa shape index (κ1) is 15.5. The van der Waals surface area contributed by atoms with E-state index in [2.05, 4.69) is 41.6 Å². The Hall–Kier alpha value is -0.870. The summed E-state index contributed by atoms with van der Waals surface area (Å²) in [4.78, 5) is 2.49. The van der Waals surface area contributed by atoms with Crippen molar-refractivity contribution in [3.63, 3.8) is 0 Å². The van der Waals surface area contributed by atoms with Crippen molar-refractivity contribution in [3.8, 4) is 0 Å². The Morgan fingerprint density at radius 1 is 1.30 bits per heavy atom. The minimum Gasteiger partial charge on any atom is -0.329 e. The van der Waals surface area contributed by atoms with Gasteiger partial charge in [-0.05, 0) is 39.8 Å². The minimum atomic E-state index is 0.188. The number of aryl methyl sites for hydroxylation is 2. The molecule has 1 fully saturated rings. The Balaban J connectivity index is 2.13. The van der Waals surface area contributed by atoms with E-state index in [1.807, 2.05) is 0 Å². The van der Waals surface area contributed by atoms with Crippen LogP contribution >= 0.6 is 0 Å². The van der Waals surface area contributed by atoms with E-state index in [1.165, 1.54) is 44.2 Å². The molecule has 0 radical (unpaired) electrons. The molecule has 4 nitrogen and oxygen atoms in total. The van der Waals surface area contributed by atoms with E-state index in [1.54, 1.807) is 0 Å². The first-order valence-corrected chi connectivity index (χ1v) is 8.06. The Kier molecular flexibility index (Phi) is 5.22. The summed E-state index contributed by atoms with van der Waals surface area (Å²) in [5.41, 5.74) is 8.78. The number of likely N-dealkylation sites (N-methyl/N-ethyl adjacent to an activating group) is 1. The van der Waals surface area contributed by atoms with Gasteiger partial charge in [-0.3, -0.25) is 9.58 Å². The standard InChI is InChI=1S/C16H30N4/c1-4-20-15(11-14(2)18-20)12-19(3)16(13-17)9-7-5-6-8-10-16/h11H,4-10,12-13,17H2,1-3H3. The van der Waals surface area contributed by atoms with Gasteiger partial charge in [-0.25, -0.2) is 0 Å². The van der Waals surface area contributed by atoms with Crippen molar-refractivity contribution >= 4 is 0 Å². The predicted octanol–water partition coefficient (Wildman–Crippen LogP) is 2.69. The Morgan fingerprint density at radius 3 is 2.50 bits per heavy atom. The van der Waals surface area contributed by atoms with Gasteiger partial charge in [0, 0.05) is 25.2 Å². The lowest BCUT2D eigenvalue weighted by Crippen LogP contribution is -2.51. The first-order chi connectivity index (χ1) is 9.61. The summed E-state index contributed by atoms with van der Waals surface area (Å²) in [5.74, 6) is 0. The van der Waals surface area contributed by atoms with Crippen LogP contribution in [0.4, 0.5) is 0 Å². The van der Waals surface area contributed by atoms with Crippen molar-refractivity contribution < 1.29 is 0 Å². The first-order valence-electron chi connectivity index (χ1n) is 8.06. The molecule has 1 aliphatic carbocycles. The topological polar surface area (TPSA) is 47.1 Å². The number of aromatic nitrogens is 2. The average molecular weight is 278 g/mol. The lowest BCUT2D eigenvalue weighted by atomic mass is 9.88. The Morgan fingerprint density at radius 2 is 1.95 bits per heavy atom. The van der Waals surface area contributed by atoms with Crippen molar-refractivity contribution in [2.75, 3.05) is 13.6 Å². The maximum Gasteiger partial charge on any atom is 0.0597 e. The molecule has 0 bridgehead atoms. The SMILES string of the molecule is CCn1nc(C)cc1CN(C)C1(CN)CCCCCC1. The molecular weight excluding hydrogens is 248 g/mol. The van der Waals surface area contributed by atoms with Crippen LogP contribution in [-0.2, 0) is 13.1 Å². The van der Waals surface area contributed by atoms with E-state index in [-0.39, 0.29) is 5.54 Å². The van der Waals surface area contributed by atoms with Crippen molar-refractivity contribution in [1.82, 2.24) is 14.7 Å². The van der Waals surface area contributed by atoms with Gasteiger partial charge in [-0.2, -0.15) is 5.10 Å². The van der Waals surface area contributed by atoms with Gasteiger partial charge in [0.2, 0.25) is 0 Å². The zero-order valence-corrected chi connectivity index (χ0v) is 13.4. The zero-order valence-electron chi connectivity index (χ0n) is 13.4. The van der Waals surface area contributed by atoms with Crippen molar-refractivity contribution in [3.05, 3.63) is 17.5 Å². The number of nitrogens with zero attached hydrogens (tertiary/aromatic N) is 3. The maximum absolute atomic E-state index is 6.17. The molecule has 0 saturated heterocycles. The molecule has 1 heterocycles. The third kappa shape index (κ3) is 3.23. The largest absolute Gasteiger partial charge is 0.329 e. The summed E-state index contributed by atoms with van der Waals surface area (Å²) < 4.78 is 2.12. The highest BCUT2D eigenvalue weighted by atomic mass is 15.3.